The topological polar surface area (TPSA) is 80.0 Å². The summed E-state index contributed by atoms with van der Waals surface area (Å²) in [6.45, 7) is 1.42. The molecule has 1 atom stereocenters. The predicted octanol–water partition coefficient (Wildman–Crippen LogP) is 2.50. The van der Waals surface area contributed by atoms with E-state index in [4.69, 9.17) is 16.0 Å². The van der Waals surface area contributed by atoms with Gasteiger partial charge in [0.15, 0.2) is 0 Å². The lowest BCUT2D eigenvalue weighted by Gasteiger charge is -2.09. The monoisotopic (exact) mass is 360 g/mol. The highest BCUT2D eigenvalue weighted by atomic mass is 35.5. The minimum atomic E-state index is -4.53. The number of nitrogens with one attached hydrogen (secondary N) is 2. The second-order valence-electron chi connectivity index (χ2n) is 5.27. The summed E-state index contributed by atoms with van der Waals surface area (Å²) in [6.07, 6.45) is -3.76. The van der Waals surface area contributed by atoms with Crippen molar-refractivity contribution in [1.29, 1.82) is 0 Å². The minimum absolute atomic E-state index is 0.0126. The molecule has 1 fully saturated rings. The van der Waals surface area contributed by atoms with Crippen LogP contribution in [0, 0.1) is 0 Å². The van der Waals surface area contributed by atoms with Crippen LogP contribution in [0.15, 0.2) is 22.6 Å². The predicted molar refractivity (Wildman–Crippen MR) is 78.5 cm³/mol. The van der Waals surface area contributed by atoms with Crippen molar-refractivity contribution in [3.05, 3.63) is 34.7 Å². The van der Waals surface area contributed by atoms with Crippen molar-refractivity contribution in [2.45, 2.75) is 18.6 Å². The Hall–Kier alpha value is -2.13. The highest BCUT2D eigenvalue weighted by Gasteiger charge is 2.32. The maximum absolute atomic E-state index is 12.8. The van der Waals surface area contributed by atoms with Crippen LogP contribution in [-0.4, -0.2) is 35.2 Å². The summed E-state index contributed by atoms with van der Waals surface area (Å²) in [7, 11) is 0. The fourth-order valence-electron chi connectivity index (χ4n) is 2.31. The van der Waals surface area contributed by atoms with Gasteiger partial charge in [0.1, 0.15) is 0 Å². The standard InChI is InChI=1S/C14H12ClF3N4O2/c15-10-2-1-7(14(16,17)18)5-9(10)12-21-22-13(24-12)11(23)20-8-3-4-19-6-8/h1-2,5,8,19H,3-4,6H2,(H,20,23)/t8-/m1/s1. The Balaban J connectivity index is 1.83. The number of hydrogen-bond acceptors (Lipinski definition) is 5. The van der Waals surface area contributed by atoms with Crippen LogP contribution in [-0.2, 0) is 6.18 Å². The number of benzene rings is 1. The summed E-state index contributed by atoms with van der Waals surface area (Å²) in [5, 5.41) is 13.0. The van der Waals surface area contributed by atoms with Crippen LogP contribution in [0.2, 0.25) is 5.02 Å². The molecule has 1 aromatic carbocycles. The third-order valence-corrected chi connectivity index (χ3v) is 3.87. The molecule has 2 aromatic rings. The number of rotatable bonds is 3. The molecule has 1 amide bonds. The quantitative estimate of drug-likeness (QED) is 0.879. The first-order valence-corrected chi connectivity index (χ1v) is 7.44. The van der Waals surface area contributed by atoms with Crippen molar-refractivity contribution in [1.82, 2.24) is 20.8 Å². The number of halogens is 4. The van der Waals surface area contributed by atoms with Crippen LogP contribution < -0.4 is 10.6 Å². The highest BCUT2D eigenvalue weighted by molar-refractivity contribution is 6.33. The summed E-state index contributed by atoms with van der Waals surface area (Å²) in [5.41, 5.74) is -0.983. The van der Waals surface area contributed by atoms with Crippen molar-refractivity contribution in [2.24, 2.45) is 0 Å². The molecule has 2 heterocycles. The second-order valence-corrected chi connectivity index (χ2v) is 5.68. The van der Waals surface area contributed by atoms with E-state index < -0.39 is 17.6 Å². The molecule has 1 aliphatic heterocycles. The van der Waals surface area contributed by atoms with Gasteiger partial charge in [-0.2, -0.15) is 13.2 Å². The highest BCUT2D eigenvalue weighted by Crippen LogP contribution is 2.35. The van der Waals surface area contributed by atoms with E-state index in [1.54, 1.807) is 0 Å². The molecule has 0 radical (unpaired) electrons. The number of alkyl halides is 3. The molecule has 1 aliphatic rings. The summed E-state index contributed by atoms with van der Waals surface area (Å²) in [6, 6.07) is 2.69. The van der Waals surface area contributed by atoms with E-state index in [-0.39, 0.29) is 28.4 Å². The van der Waals surface area contributed by atoms with Gasteiger partial charge < -0.3 is 15.1 Å². The lowest BCUT2D eigenvalue weighted by Crippen LogP contribution is -2.36. The number of aromatic nitrogens is 2. The Morgan fingerprint density at radius 2 is 2.17 bits per heavy atom. The van der Waals surface area contributed by atoms with Gasteiger partial charge in [-0.25, -0.2) is 0 Å². The largest absolute Gasteiger partial charge is 0.416 e. The van der Waals surface area contributed by atoms with Gasteiger partial charge in [0.2, 0.25) is 5.89 Å². The molecule has 10 heteroatoms. The van der Waals surface area contributed by atoms with E-state index in [0.29, 0.717) is 6.54 Å². The van der Waals surface area contributed by atoms with Crippen molar-refractivity contribution >= 4 is 17.5 Å². The van der Waals surface area contributed by atoms with Gasteiger partial charge in [-0.1, -0.05) is 11.6 Å². The van der Waals surface area contributed by atoms with Crippen molar-refractivity contribution in [3.8, 4) is 11.5 Å². The Morgan fingerprint density at radius 3 is 2.83 bits per heavy atom. The molecular formula is C14H12ClF3N4O2. The summed E-state index contributed by atoms with van der Waals surface area (Å²) < 4.78 is 43.6. The second kappa shape index (κ2) is 6.40. The van der Waals surface area contributed by atoms with Crippen LogP contribution in [0.3, 0.4) is 0 Å². The number of nitrogens with zero attached hydrogens (tertiary/aromatic N) is 2. The number of hydrogen-bond donors (Lipinski definition) is 2. The summed E-state index contributed by atoms with van der Waals surface area (Å²) in [4.78, 5) is 12.0. The molecule has 0 aliphatic carbocycles. The van der Waals surface area contributed by atoms with Gasteiger partial charge >= 0.3 is 18.0 Å². The van der Waals surface area contributed by atoms with Crippen LogP contribution in [0.1, 0.15) is 22.7 Å². The number of carbonyl (C=O) groups excluding carboxylic acids is 1. The third-order valence-electron chi connectivity index (χ3n) is 3.54. The zero-order valence-corrected chi connectivity index (χ0v) is 12.9. The number of carbonyl (C=O) groups is 1. The van der Waals surface area contributed by atoms with Gasteiger partial charge in [0.05, 0.1) is 16.1 Å². The van der Waals surface area contributed by atoms with Gasteiger partial charge in [-0.05, 0) is 31.2 Å². The van der Waals surface area contributed by atoms with Crippen LogP contribution in [0.5, 0.6) is 0 Å². The van der Waals surface area contributed by atoms with E-state index in [1.807, 2.05) is 0 Å². The van der Waals surface area contributed by atoms with Crippen molar-refractivity contribution in [2.75, 3.05) is 13.1 Å². The molecule has 2 N–H and O–H groups in total. The summed E-state index contributed by atoms with van der Waals surface area (Å²) >= 11 is 5.90. The average Bonchev–Trinajstić information content (AvgIpc) is 3.17. The molecule has 0 unspecified atom stereocenters. The number of amides is 1. The lowest BCUT2D eigenvalue weighted by molar-refractivity contribution is -0.137. The molecule has 0 spiro atoms. The summed E-state index contributed by atoms with van der Waals surface area (Å²) in [5.74, 6) is -1.16. The van der Waals surface area contributed by atoms with Crippen LogP contribution >= 0.6 is 11.6 Å². The van der Waals surface area contributed by atoms with E-state index in [1.165, 1.54) is 0 Å². The Bertz CT molecular complexity index is 757. The molecule has 128 valence electrons. The van der Waals surface area contributed by atoms with Gasteiger partial charge in [-0.3, -0.25) is 4.79 Å². The van der Waals surface area contributed by atoms with Crippen molar-refractivity contribution in [3.63, 3.8) is 0 Å². The molecule has 0 saturated carbocycles. The zero-order valence-electron chi connectivity index (χ0n) is 12.2. The maximum atomic E-state index is 12.8. The molecule has 3 rings (SSSR count). The van der Waals surface area contributed by atoms with E-state index in [9.17, 15) is 18.0 Å². The third kappa shape index (κ3) is 3.51. The molecule has 1 aromatic heterocycles. The fourth-order valence-corrected chi connectivity index (χ4v) is 2.51. The van der Waals surface area contributed by atoms with Crippen LogP contribution in [0.4, 0.5) is 13.2 Å². The SMILES string of the molecule is O=C(N[C@@H]1CCNC1)c1nnc(-c2cc(C(F)(F)F)ccc2Cl)o1. The van der Waals surface area contributed by atoms with E-state index >= 15 is 0 Å². The van der Waals surface area contributed by atoms with Crippen molar-refractivity contribution < 1.29 is 22.4 Å². The van der Waals surface area contributed by atoms with Gasteiger partial charge in [0.25, 0.3) is 0 Å². The fraction of sp³-hybridized carbons (Fsp3) is 0.357. The maximum Gasteiger partial charge on any atom is 0.416 e. The van der Waals surface area contributed by atoms with E-state index in [2.05, 4.69) is 20.8 Å². The average molecular weight is 361 g/mol. The molecule has 0 bridgehead atoms. The molecule has 6 nitrogen and oxygen atoms in total. The first-order valence-electron chi connectivity index (χ1n) is 7.07. The smallest absolute Gasteiger partial charge is 0.412 e. The molecular weight excluding hydrogens is 349 g/mol. The van der Waals surface area contributed by atoms with Crippen LogP contribution in [0.25, 0.3) is 11.5 Å². The lowest BCUT2D eigenvalue weighted by atomic mass is 10.1. The normalized spacial score (nSPS) is 17.9. The Labute approximate surface area is 139 Å². The Kier molecular flexibility index (Phi) is 4.46. The first-order chi connectivity index (χ1) is 11.3. The first kappa shape index (κ1) is 16.7. The Morgan fingerprint density at radius 1 is 1.38 bits per heavy atom. The van der Waals surface area contributed by atoms with Gasteiger partial charge in [-0.15, -0.1) is 10.2 Å². The van der Waals surface area contributed by atoms with Gasteiger partial charge in [0, 0.05) is 12.6 Å². The molecule has 1 saturated heterocycles. The van der Waals surface area contributed by atoms with E-state index in [0.717, 1.165) is 31.2 Å². The molecule has 24 heavy (non-hydrogen) atoms. The zero-order chi connectivity index (χ0) is 17.3. The minimum Gasteiger partial charge on any atom is -0.412 e.